The summed E-state index contributed by atoms with van der Waals surface area (Å²) < 4.78 is 26.9. The van der Waals surface area contributed by atoms with Crippen molar-refractivity contribution in [2.24, 2.45) is 5.92 Å². The van der Waals surface area contributed by atoms with Crippen LogP contribution in [0.5, 0.6) is 0 Å². The van der Waals surface area contributed by atoms with Gasteiger partial charge in [0, 0.05) is 12.5 Å². The second kappa shape index (κ2) is 16.0. The zero-order chi connectivity index (χ0) is 32.4. The normalized spacial score (nSPS) is 22.0. The molecule has 1 saturated carbocycles. The van der Waals surface area contributed by atoms with Gasteiger partial charge in [0.25, 0.3) is 8.32 Å². The van der Waals surface area contributed by atoms with Crippen molar-refractivity contribution in [1.29, 1.82) is 0 Å². The molecular weight excluding hydrogens is 589 g/mol. The van der Waals surface area contributed by atoms with Crippen molar-refractivity contribution in [3.05, 3.63) is 145 Å². The molecule has 5 atom stereocenters. The summed E-state index contributed by atoms with van der Waals surface area (Å²) in [6.45, 7) is 12.2. The lowest BCUT2D eigenvalue weighted by molar-refractivity contribution is -0.212. The van der Waals surface area contributed by atoms with Crippen LogP contribution < -0.4 is 10.4 Å². The van der Waals surface area contributed by atoms with E-state index in [0.29, 0.717) is 32.8 Å². The second-order valence-corrected chi connectivity index (χ2v) is 17.4. The third-order valence-corrected chi connectivity index (χ3v) is 14.0. The van der Waals surface area contributed by atoms with Gasteiger partial charge in [0.15, 0.2) is 0 Å². The molecule has 0 radical (unpaired) electrons. The van der Waals surface area contributed by atoms with Crippen LogP contribution in [0, 0.1) is 5.92 Å². The van der Waals surface area contributed by atoms with Gasteiger partial charge in [0.1, 0.15) is 12.2 Å². The Morgan fingerprint density at radius 3 is 1.61 bits per heavy atom. The smallest absolute Gasteiger partial charge is 0.261 e. The van der Waals surface area contributed by atoms with Crippen molar-refractivity contribution in [2.45, 2.75) is 69.9 Å². The summed E-state index contributed by atoms with van der Waals surface area (Å²) in [5.74, 6) is -0.107. The Balaban J connectivity index is 1.52. The van der Waals surface area contributed by atoms with Crippen LogP contribution in [-0.2, 0) is 31.9 Å². The minimum absolute atomic E-state index is 0.107. The van der Waals surface area contributed by atoms with Crippen molar-refractivity contribution in [3.8, 4) is 0 Å². The maximum absolute atomic E-state index is 11.7. The molecule has 0 bridgehead atoms. The van der Waals surface area contributed by atoms with Gasteiger partial charge in [0.2, 0.25) is 0 Å². The third-order valence-electron chi connectivity index (χ3n) is 8.97. The summed E-state index contributed by atoms with van der Waals surface area (Å²) >= 11 is 0. The van der Waals surface area contributed by atoms with E-state index >= 15 is 0 Å². The Labute approximate surface area is 275 Å². The minimum Gasteiger partial charge on any atom is -0.407 e. The number of rotatable bonds is 14. The molecular formula is C40H48O5Si. The standard InChI is InChI=1S/C40H48O5Si/c1-5-26-42-36-27-33(30-45-46(40(2,3)4,34-22-14-8-15-23-34)35-24-16-9-17-25-35)38(43-28-31-18-10-6-11-19-31)39(37(36)41)44-29-32-20-12-7-13-21-32/h5-25,33,36-39,41H,1,26-30H2,2-4H3/t33-,36-,37+,38+,39-/m1/s1. The second-order valence-electron chi connectivity index (χ2n) is 13.1. The molecule has 0 unspecified atom stereocenters. The topological polar surface area (TPSA) is 57.2 Å². The molecule has 46 heavy (non-hydrogen) atoms. The molecule has 1 N–H and O–H groups in total. The zero-order valence-electron chi connectivity index (χ0n) is 27.3. The molecule has 0 saturated heterocycles. The summed E-state index contributed by atoms with van der Waals surface area (Å²) in [6.07, 6.45) is -0.103. The maximum atomic E-state index is 11.7. The highest BCUT2D eigenvalue weighted by atomic mass is 28.4. The summed E-state index contributed by atoms with van der Waals surface area (Å²) in [5.41, 5.74) is 2.10. The fourth-order valence-electron chi connectivity index (χ4n) is 6.72. The van der Waals surface area contributed by atoms with Crippen molar-refractivity contribution >= 4 is 18.7 Å². The van der Waals surface area contributed by atoms with Crippen LogP contribution in [-0.4, -0.2) is 51.1 Å². The summed E-state index contributed by atoms with van der Waals surface area (Å²) in [5, 5.41) is 14.0. The molecule has 0 aromatic heterocycles. The average molecular weight is 637 g/mol. The van der Waals surface area contributed by atoms with Gasteiger partial charge in [-0.3, -0.25) is 0 Å². The minimum atomic E-state index is -2.82. The molecule has 4 aromatic rings. The monoisotopic (exact) mass is 636 g/mol. The summed E-state index contributed by atoms with van der Waals surface area (Å²) in [6, 6.07) is 41.5. The van der Waals surface area contributed by atoms with E-state index in [1.165, 1.54) is 10.4 Å². The predicted octanol–water partition coefficient (Wildman–Crippen LogP) is 6.69. The van der Waals surface area contributed by atoms with E-state index in [2.05, 4.69) is 100 Å². The van der Waals surface area contributed by atoms with Crippen molar-refractivity contribution < 1.29 is 23.7 Å². The van der Waals surface area contributed by atoms with Crippen LogP contribution in [0.2, 0.25) is 5.04 Å². The van der Waals surface area contributed by atoms with E-state index < -0.39 is 32.7 Å². The molecule has 1 aliphatic rings. The van der Waals surface area contributed by atoms with Crippen molar-refractivity contribution in [3.63, 3.8) is 0 Å². The largest absolute Gasteiger partial charge is 0.407 e. The van der Waals surface area contributed by atoms with E-state index in [4.69, 9.17) is 18.6 Å². The van der Waals surface area contributed by atoms with E-state index in [9.17, 15) is 5.11 Å². The van der Waals surface area contributed by atoms with Crippen LogP contribution >= 0.6 is 0 Å². The van der Waals surface area contributed by atoms with Crippen LogP contribution in [0.1, 0.15) is 38.3 Å². The predicted molar refractivity (Wildman–Crippen MR) is 188 cm³/mol. The van der Waals surface area contributed by atoms with E-state index in [-0.39, 0.29) is 11.0 Å². The summed E-state index contributed by atoms with van der Waals surface area (Å²) in [4.78, 5) is 0. The fraction of sp³-hybridized carbons (Fsp3) is 0.350. The fourth-order valence-corrected chi connectivity index (χ4v) is 11.3. The highest BCUT2D eigenvalue weighted by molar-refractivity contribution is 6.99. The van der Waals surface area contributed by atoms with Gasteiger partial charge in [-0.15, -0.1) is 6.58 Å². The number of ether oxygens (including phenoxy) is 3. The number of aliphatic hydroxyl groups is 1. The molecule has 5 nitrogen and oxygen atoms in total. The van der Waals surface area contributed by atoms with E-state index in [0.717, 1.165) is 11.1 Å². The number of benzene rings is 4. The van der Waals surface area contributed by atoms with Gasteiger partial charge < -0.3 is 23.7 Å². The molecule has 242 valence electrons. The first-order chi connectivity index (χ1) is 22.3. The van der Waals surface area contributed by atoms with Gasteiger partial charge in [-0.1, -0.05) is 148 Å². The molecule has 0 amide bonds. The first kappa shape index (κ1) is 34.0. The van der Waals surface area contributed by atoms with E-state index in [1.54, 1.807) is 6.08 Å². The van der Waals surface area contributed by atoms with Gasteiger partial charge in [-0.2, -0.15) is 0 Å². The Morgan fingerprint density at radius 1 is 0.696 bits per heavy atom. The summed E-state index contributed by atoms with van der Waals surface area (Å²) in [7, 11) is -2.82. The Kier molecular flexibility index (Phi) is 11.8. The van der Waals surface area contributed by atoms with Gasteiger partial charge in [-0.25, -0.2) is 0 Å². The quantitative estimate of drug-likeness (QED) is 0.124. The Hall–Kier alpha value is -3.36. The van der Waals surface area contributed by atoms with Gasteiger partial charge in [0.05, 0.1) is 32.0 Å². The molecule has 4 aromatic carbocycles. The first-order valence-corrected chi connectivity index (χ1v) is 18.2. The third kappa shape index (κ3) is 7.95. The number of hydrogen-bond donors (Lipinski definition) is 1. The molecule has 5 rings (SSSR count). The maximum Gasteiger partial charge on any atom is 0.261 e. The lowest BCUT2D eigenvalue weighted by Crippen LogP contribution is -2.67. The zero-order valence-corrected chi connectivity index (χ0v) is 28.3. The molecule has 0 heterocycles. The number of aliphatic hydroxyl groups excluding tert-OH is 1. The van der Waals surface area contributed by atoms with Crippen molar-refractivity contribution in [2.75, 3.05) is 13.2 Å². The number of hydrogen-bond acceptors (Lipinski definition) is 5. The lowest BCUT2D eigenvalue weighted by atomic mass is 9.80. The van der Waals surface area contributed by atoms with Crippen LogP contribution in [0.15, 0.2) is 134 Å². The van der Waals surface area contributed by atoms with Crippen molar-refractivity contribution in [1.82, 2.24) is 0 Å². The molecule has 1 fully saturated rings. The highest BCUT2D eigenvalue weighted by Crippen LogP contribution is 2.39. The lowest BCUT2D eigenvalue weighted by Gasteiger charge is -2.47. The molecule has 6 heteroatoms. The van der Waals surface area contributed by atoms with Gasteiger partial charge >= 0.3 is 0 Å². The van der Waals surface area contributed by atoms with Gasteiger partial charge in [-0.05, 0) is 33.0 Å². The van der Waals surface area contributed by atoms with Crippen LogP contribution in [0.25, 0.3) is 0 Å². The highest BCUT2D eigenvalue weighted by Gasteiger charge is 2.52. The van der Waals surface area contributed by atoms with Crippen LogP contribution in [0.3, 0.4) is 0 Å². The van der Waals surface area contributed by atoms with Crippen LogP contribution in [0.4, 0.5) is 0 Å². The molecule has 0 aliphatic heterocycles. The molecule has 1 aliphatic carbocycles. The Bertz CT molecular complexity index is 1420. The SMILES string of the molecule is C=CCO[C@@H]1C[C@H](CO[Si](c2ccccc2)(c2ccccc2)C(C)(C)C)[C@H](OCc2ccccc2)[C@H](OCc2ccccc2)[C@H]1O. The first-order valence-electron chi connectivity index (χ1n) is 16.3. The Morgan fingerprint density at radius 2 is 1.15 bits per heavy atom. The van der Waals surface area contributed by atoms with E-state index in [1.807, 2.05) is 48.5 Å². The molecule has 0 spiro atoms. The average Bonchev–Trinajstić information content (AvgIpc) is 3.08.